The molecule has 3 aromatic heterocycles. The van der Waals surface area contributed by atoms with E-state index in [0.717, 1.165) is 22.5 Å². The predicted octanol–water partition coefficient (Wildman–Crippen LogP) is 1.92. The normalized spacial score (nSPS) is 12.5. The standard InChI is InChI=1S/C12H12N6/c1-8(10-4-2-3-5-13-10)17-11-9-6-16-18-12(9)15-7-14-11/h2-8H,1H3,(H2,14,15,16,17,18)/t8-/m1/s1. The van der Waals surface area contributed by atoms with E-state index in [4.69, 9.17) is 0 Å². The summed E-state index contributed by atoms with van der Waals surface area (Å²) in [6.45, 7) is 2.04. The van der Waals surface area contributed by atoms with Crippen LogP contribution in [0, 0.1) is 0 Å². The van der Waals surface area contributed by atoms with E-state index in [0.29, 0.717) is 0 Å². The molecule has 1 atom stereocenters. The Hall–Kier alpha value is -2.50. The van der Waals surface area contributed by atoms with Gasteiger partial charge >= 0.3 is 0 Å². The molecule has 0 aliphatic heterocycles. The van der Waals surface area contributed by atoms with Crippen molar-refractivity contribution in [1.82, 2.24) is 25.1 Å². The Morgan fingerprint density at radius 3 is 3.00 bits per heavy atom. The molecule has 3 aromatic rings. The molecule has 0 aliphatic carbocycles. The van der Waals surface area contributed by atoms with Crippen molar-refractivity contribution in [3.05, 3.63) is 42.6 Å². The highest BCUT2D eigenvalue weighted by Gasteiger charge is 2.10. The van der Waals surface area contributed by atoms with Gasteiger partial charge in [-0.3, -0.25) is 10.1 Å². The smallest absolute Gasteiger partial charge is 0.160 e. The first-order valence-electron chi connectivity index (χ1n) is 5.66. The van der Waals surface area contributed by atoms with E-state index in [1.807, 2.05) is 25.1 Å². The van der Waals surface area contributed by atoms with Crippen molar-refractivity contribution in [2.45, 2.75) is 13.0 Å². The number of H-pyrrole nitrogens is 1. The second-order valence-corrected chi connectivity index (χ2v) is 3.98. The second kappa shape index (κ2) is 4.40. The highest BCUT2D eigenvalue weighted by molar-refractivity contribution is 5.85. The van der Waals surface area contributed by atoms with Crippen LogP contribution in [0.3, 0.4) is 0 Å². The first kappa shape index (κ1) is 10.6. The summed E-state index contributed by atoms with van der Waals surface area (Å²) in [5, 5.41) is 11.0. The zero-order chi connectivity index (χ0) is 12.4. The lowest BCUT2D eigenvalue weighted by molar-refractivity contribution is 0.833. The molecular weight excluding hydrogens is 228 g/mol. The van der Waals surface area contributed by atoms with Crippen LogP contribution in [0.4, 0.5) is 5.82 Å². The van der Waals surface area contributed by atoms with Crippen molar-refractivity contribution in [2.24, 2.45) is 0 Å². The van der Waals surface area contributed by atoms with E-state index in [1.165, 1.54) is 6.33 Å². The van der Waals surface area contributed by atoms with E-state index in [9.17, 15) is 0 Å². The van der Waals surface area contributed by atoms with Crippen molar-refractivity contribution in [3.8, 4) is 0 Å². The van der Waals surface area contributed by atoms with E-state index in [1.54, 1.807) is 12.4 Å². The Kier molecular flexibility index (Phi) is 2.60. The number of anilines is 1. The molecule has 18 heavy (non-hydrogen) atoms. The first-order chi connectivity index (χ1) is 8.84. The van der Waals surface area contributed by atoms with Crippen LogP contribution in [0.25, 0.3) is 11.0 Å². The van der Waals surface area contributed by atoms with Crippen molar-refractivity contribution in [1.29, 1.82) is 0 Å². The van der Waals surface area contributed by atoms with Gasteiger partial charge in [0.2, 0.25) is 0 Å². The Morgan fingerprint density at radius 2 is 2.17 bits per heavy atom. The molecule has 3 heterocycles. The summed E-state index contributed by atoms with van der Waals surface area (Å²) in [6.07, 6.45) is 5.00. The molecule has 0 saturated carbocycles. The molecule has 90 valence electrons. The van der Waals surface area contributed by atoms with Gasteiger partial charge in [0.1, 0.15) is 12.1 Å². The lowest BCUT2D eigenvalue weighted by Crippen LogP contribution is -2.09. The van der Waals surface area contributed by atoms with Gasteiger partial charge in [0.05, 0.1) is 23.3 Å². The van der Waals surface area contributed by atoms with Crippen LogP contribution in [0.15, 0.2) is 36.9 Å². The number of hydrogen-bond acceptors (Lipinski definition) is 5. The molecule has 0 spiro atoms. The van der Waals surface area contributed by atoms with Gasteiger partial charge in [-0.05, 0) is 19.1 Å². The highest BCUT2D eigenvalue weighted by atomic mass is 15.2. The van der Waals surface area contributed by atoms with Crippen LogP contribution in [-0.4, -0.2) is 25.1 Å². The fourth-order valence-corrected chi connectivity index (χ4v) is 1.79. The minimum atomic E-state index is 0.0687. The van der Waals surface area contributed by atoms with E-state index >= 15 is 0 Å². The molecule has 0 unspecified atom stereocenters. The van der Waals surface area contributed by atoms with Crippen molar-refractivity contribution in [3.63, 3.8) is 0 Å². The summed E-state index contributed by atoms with van der Waals surface area (Å²) >= 11 is 0. The summed E-state index contributed by atoms with van der Waals surface area (Å²) in [5.41, 5.74) is 1.69. The summed E-state index contributed by atoms with van der Waals surface area (Å²) in [7, 11) is 0. The number of nitrogens with one attached hydrogen (secondary N) is 2. The Labute approximate surface area is 104 Å². The number of rotatable bonds is 3. The molecular formula is C12H12N6. The van der Waals surface area contributed by atoms with Gasteiger partial charge in [0.15, 0.2) is 5.65 Å². The fourth-order valence-electron chi connectivity index (χ4n) is 1.79. The van der Waals surface area contributed by atoms with E-state index in [2.05, 4.69) is 30.5 Å². The SMILES string of the molecule is C[C@@H](Nc1ncnc2[nH]ncc12)c1ccccn1. The van der Waals surface area contributed by atoms with Crippen LogP contribution < -0.4 is 5.32 Å². The van der Waals surface area contributed by atoms with Crippen molar-refractivity contribution >= 4 is 16.9 Å². The van der Waals surface area contributed by atoms with Gasteiger partial charge < -0.3 is 5.32 Å². The quantitative estimate of drug-likeness (QED) is 0.731. The Bertz CT molecular complexity index is 648. The average molecular weight is 240 g/mol. The second-order valence-electron chi connectivity index (χ2n) is 3.98. The summed E-state index contributed by atoms with van der Waals surface area (Å²) < 4.78 is 0. The fraction of sp³-hybridized carbons (Fsp3) is 0.167. The molecule has 0 amide bonds. The van der Waals surface area contributed by atoms with Gasteiger partial charge in [-0.25, -0.2) is 9.97 Å². The highest BCUT2D eigenvalue weighted by Crippen LogP contribution is 2.21. The number of nitrogens with zero attached hydrogens (tertiary/aromatic N) is 4. The number of aromatic amines is 1. The molecule has 0 aromatic carbocycles. The zero-order valence-corrected chi connectivity index (χ0v) is 9.83. The van der Waals surface area contributed by atoms with Crippen LogP contribution in [0.5, 0.6) is 0 Å². The molecule has 0 fully saturated rings. The van der Waals surface area contributed by atoms with E-state index in [-0.39, 0.29) is 6.04 Å². The third-order valence-electron chi connectivity index (χ3n) is 2.73. The summed E-state index contributed by atoms with van der Waals surface area (Å²) in [6, 6.07) is 5.91. The Morgan fingerprint density at radius 1 is 1.22 bits per heavy atom. The van der Waals surface area contributed by atoms with Crippen LogP contribution in [-0.2, 0) is 0 Å². The number of fused-ring (bicyclic) bond motifs is 1. The summed E-state index contributed by atoms with van der Waals surface area (Å²) in [5.74, 6) is 0.756. The van der Waals surface area contributed by atoms with Crippen molar-refractivity contribution in [2.75, 3.05) is 5.32 Å². The van der Waals surface area contributed by atoms with Gasteiger partial charge in [-0.1, -0.05) is 6.07 Å². The molecule has 6 heteroatoms. The lowest BCUT2D eigenvalue weighted by Gasteiger charge is -2.13. The zero-order valence-electron chi connectivity index (χ0n) is 9.83. The molecule has 6 nitrogen and oxygen atoms in total. The number of aromatic nitrogens is 5. The number of hydrogen-bond donors (Lipinski definition) is 2. The average Bonchev–Trinajstić information content (AvgIpc) is 2.89. The summed E-state index contributed by atoms with van der Waals surface area (Å²) in [4.78, 5) is 12.6. The maximum Gasteiger partial charge on any atom is 0.160 e. The number of pyridine rings is 1. The van der Waals surface area contributed by atoms with Gasteiger partial charge in [0, 0.05) is 6.20 Å². The van der Waals surface area contributed by atoms with Crippen molar-refractivity contribution < 1.29 is 0 Å². The molecule has 0 aliphatic rings. The molecule has 0 radical (unpaired) electrons. The molecule has 2 N–H and O–H groups in total. The maximum atomic E-state index is 4.31. The predicted molar refractivity (Wildman–Crippen MR) is 68.0 cm³/mol. The largest absolute Gasteiger partial charge is 0.361 e. The van der Waals surface area contributed by atoms with Gasteiger partial charge in [-0.15, -0.1) is 0 Å². The van der Waals surface area contributed by atoms with Crippen LogP contribution in [0.1, 0.15) is 18.7 Å². The van der Waals surface area contributed by atoms with Gasteiger partial charge in [0.25, 0.3) is 0 Å². The third-order valence-corrected chi connectivity index (χ3v) is 2.73. The van der Waals surface area contributed by atoms with E-state index < -0.39 is 0 Å². The molecule has 0 bridgehead atoms. The minimum absolute atomic E-state index is 0.0687. The minimum Gasteiger partial charge on any atom is -0.361 e. The monoisotopic (exact) mass is 240 g/mol. The topological polar surface area (TPSA) is 79.4 Å². The van der Waals surface area contributed by atoms with Crippen LogP contribution >= 0.6 is 0 Å². The van der Waals surface area contributed by atoms with Gasteiger partial charge in [-0.2, -0.15) is 5.10 Å². The lowest BCUT2D eigenvalue weighted by atomic mass is 10.2. The Balaban J connectivity index is 1.91. The molecule has 3 rings (SSSR count). The third kappa shape index (κ3) is 1.88. The molecule has 0 saturated heterocycles. The van der Waals surface area contributed by atoms with Crippen LogP contribution in [0.2, 0.25) is 0 Å². The first-order valence-corrected chi connectivity index (χ1v) is 5.66. The maximum absolute atomic E-state index is 4.31.